The third-order valence-electron chi connectivity index (χ3n) is 2.14. The lowest BCUT2D eigenvalue weighted by molar-refractivity contribution is 0.0611. The zero-order valence-corrected chi connectivity index (χ0v) is 10.1. The molecular formula is C11H16ClFN2O. The van der Waals surface area contributed by atoms with E-state index in [2.05, 4.69) is 5.43 Å². The number of benzene rings is 1. The van der Waals surface area contributed by atoms with Crippen molar-refractivity contribution in [3.8, 4) is 0 Å². The van der Waals surface area contributed by atoms with Gasteiger partial charge in [0.2, 0.25) is 0 Å². The van der Waals surface area contributed by atoms with Crippen molar-refractivity contribution < 1.29 is 9.13 Å². The molecular weight excluding hydrogens is 231 g/mol. The molecule has 1 aromatic rings. The summed E-state index contributed by atoms with van der Waals surface area (Å²) >= 11 is 5.93. The molecule has 0 aliphatic carbocycles. The maximum absolute atomic E-state index is 12.9. The maximum atomic E-state index is 12.9. The minimum atomic E-state index is -0.366. The Bertz CT molecular complexity index is 347. The van der Waals surface area contributed by atoms with Crippen LogP contribution in [0.3, 0.4) is 0 Å². The third kappa shape index (κ3) is 3.72. The molecule has 0 fully saturated rings. The zero-order chi connectivity index (χ0) is 12.1. The van der Waals surface area contributed by atoms with Crippen LogP contribution in [0.25, 0.3) is 0 Å². The predicted octanol–water partition coefficient (Wildman–Crippen LogP) is 2.41. The van der Waals surface area contributed by atoms with Crippen molar-refractivity contribution in [2.75, 3.05) is 6.61 Å². The molecule has 0 bridgehead atoms. The summed E-state index contributed by atoms with van der Waals surface area (Å²) in [6.45, 7) is 4.25. The normalized spacial score (nSPS) is 13.1. The van der Waals surface area contributed by atoms with Gasteiger partial charge in [0.15, 0.2) is 0 Å². The van der Waals surface area contributed by atoms with E-state index in [0.717, 1.165) is 5.56 Å². The number of hydrogen-bond acceptors (Lipinski definition) is 3. The second-order valence-corrected chi connectivity index (χ2v) is 4.17. The molecule has 0 spiro atoms. The van der Waals surface area contributed by atoms with Gasteiger partial charge in [-0.25, -0.2) is 4.39 Å². The molecule has 0 radical (unpaired) electrons. The van der Waals surface area contributed by atoms with Gasteiger partial charge in [-0.05, 0) is 31.5 Å². The summed E-state index contributed by atoms with van der Waals surface area (Å²) in [4.78, 5) is 0. The molecule has 0 saturated carbocycles. The lowest BCUT2D eigenvalue weighted by atomic mass is 10.1. The number of hydrazine groups is 1. The molecule has 90 valence electrons. The Morgan fingerprint density at radius 3 is 2.69 bits per heavy atom. The van der Waals surface area contributed by atoms with Gasteiger partial charge in [-0.3, -0.25) is 11.3 Å². The maximum Gasteiger partial charge on any atom is 0.124 e. The minimum absolute atomic E-state index is 0.107. The summed E-state index contributed by atoms with van der Waals surface area (Å²) in [6, 6.07) is 3.97. The Morgan fingerprint density at radius 2 is 2.19 bits per heavy atom. The van der Waals surface area contributed by atoms with E-state index >= 15 is 0 Å². The number of nitrogens with two attached hydrogens (primary N) is 1. The number of hydrogen-bond donors (Lipinski definition) is 2. The quantitative estimate of drug-likeness (QED) is 0.620. The molecule has 0 aliphatic heterocycles. The van der Waals surface area contributed by atoms with Crippen LogP contribution < -0.4 is 11.3 Å². The Kier molecular flexibility index (Phi) is 5.15. The second kappa shape index (κ2) is 6.15. The Hall–Kier alpha value is -0.680. The summed E-state index contributed by atoms with van der Waals surface area (Å²) in [5, 5.41) is 0.343. The predicted molar refractivity (Wildman–Crippen MR) is 62.6 cm³/mol. The van der Waals surface area contributed by atoms with Crippen LogP contribution >= 0.6 is 11.6 Å². The van der Waals surface area contributed by atoms with Crippen molar-refractivity contribution in [2.45, 2.75) is 26.0 Å². The van der Waals surface area contributed by atoms with Gasteiger partial charge in [-0.1, -0.05) is 17.7 Å². The standard InChI is InChI=1S/C11H16ClFN2O/c1-7(2)16-6-11(15-14)9-4-3-8(13)5-10(9)12/h3-5,7,11,15H,6,14H2,1-2H3. The first-order valence-electron chi connectivity index (χ1n) is 5.07. The minimum Gasteiger partial charge on any atom is -0.377 e. The van der Waals surface area contributed by atoms with E-state index < -0.39 is 0 Å². The lowest BCUT2D eigenvalue weighted by Gasteiger charge is -2.19. The molecule has 1 rings (SSSR count). The molecule has 0 aromatic heterocycles. The zero-order valence-electron chi connectivity index (χ0n) is 9.34. The first kappa shape index (κ1) is 13.4. The summed E-state index contributed by atoms with van der Waals surface area (Å²) in [7, 11) is 0. The molecule has 1 aromatic carbocycles. The second-order valence-electron chi connectivity index (χ2n) is 3.77. The van der Waals surface area contributed by atoms with E-state index in [4.69, 9.17) is 22.2 Å². The Morgan fingerprint density at radius 1 is 1.50 bits per heavy atom. The first-order chi connectivity index (χ1) is 7.54. The highest BCUT2D eigenvalue weighted by molar-refractivity contribution is 6.31. The highest BCUT2D eigenvalue weighted by atomic mass is 35.5. The smallest absolute Gasteiger partial charge is 0.124 e. The Balaban J connectivity index is 2.78. The SMILES string of the molecule is CC(C)OCC(NN)c1ccc(F)cc1Cl. The molecule has 0 amide bonds. The van der Waals surface area contributed by atoms with Crippen molar-refractivity contribution in [1.29, 1.82) is 0 Å². The van der Waals surface area contributed by atoms with Gasteiger partial charge in [0, 0.05) is 5.02 Å². The van der Waals surface area contributed by atoms with Crippen LogP contribution in [0, 0.1) is 5.82 Å². The van der Waals surface area contributed by atoms with E-state index in [9.17, 15) is 4.39 Å². The summed E-state index contributed by atoms with van der Waals surface area (Å²) in [5.41, 5.74) is 3.33. The number of halogens is 2. The van der Waals surface area contributed by atoms with Gasteiger partial charge >= 0.3 is 0 Å². The molecule has 1 unspecified atom stereocenters. The fraction of sp³-hybridized carbons (Fsp3) is 0.455. The third-order valence-corrected chi connectivity index (χ3v) is 2.46. The topological polar surface area (TPSA) is 47.3 Å². The van der Waals surface area contributed by atoms with E-state index in [1.807, 2.05) is 13.8 Å². The van der Waals surface area contributed by atoms with Crippen LogP contribution in [-0.2, 0) is 4.74 Å². The molecule has 0 heterocycles. The van der Waals surface area contributed by atoms with Crippen LogP contribution in [0.5, 0.6) is 0 Å². The highest BCUT2D eigenvalue weighted by Crippen LogP contribution is 2.23. The van der Waals surface area contributed by atoms with Crippen molar-refractivity contribution in [3.05, 3.63) is 34.6 Å². The van der Waals surface area contributed by atoms with Gasteiger partial charge in [0.1, 0.15) is 5.82 Å². The summed E-state index contributed by atoms with van der Waals surface area (Å²) < 4.78 is 18.3. The molecule has 3 N–H and O–H groups in total. The average Bonchev–Trinajstić information content (AvgIpc) is 2.21. The molecule has 16 heavy (non-hydrogen) atoms. The van der Waals surface area contributed by atoms with Gasteiger partial charge in [-0.2, -0.15) is 0 Å². The van der Waals surface area contributed by atoms with Crippen molar-refractivity contribution in [1.82, 2.24) is 5.43 Å². The van der Waals surface area contributed by atoms with E-state index in [1.54, 1.807) is 6.07 Å². The lowest BCUT2D eigenvalue weighted by Crippen LogP contribution is -2.32. The van der Waals surface area contributed by atoms with E-state index in [0.29, 0.717) is 11.6 Å². The van der Waals surface area contributed by atoms with Crippen molar-refractivity contribution in [2.24, 2.45) is 5.84 Å². The number of nitrogens with one attached hydrogen (secondary N) is 1. The molecule has 3 nitrogen and oxygen atoms in total. The monoisotopic (exact) mass is 246 g/mol. The summed E-state index contributed by atoms with van der Waals surface area (Å²) in [6.07, 6.45) is 0.107. The van der Waals surface area contributed by atoms with Crippen LogP contribution in [0.1, 0.15) is 25.5 Å². The van der Waals surface area contributed by atoms with Crippen LogP contribution in [0.2, 0.25) is 5.02 Å². The first-order valence-corrected chi connectivity index (χ1v) is 5.45. The molecule has 0 aliphatic rings. The van der Waals surface area contributed by atoms with Gasteiger partial charge in [0.25, 0.3) is 0 Å². The van der Waals surface area contributed by atoms with Gasteiger partial charge < -0.3 is 4.74 Å². The largest absolute Gasteiger partial charge is 0.377 e. The number of ether oxygens (including phenoxy) is 1. The highest BCUT2D eigenvalue weighted by Gasteiger charge is 2.14. The van der Waals surface area contributed by atoms with E-state index in [1.165, 1.54) is 12.1 Å². The van der Waals surface area contributed by atoms with Crippen LogP contribution in [0.4, 0.5) is 4.39 Å². The molecule has 0 saturated heterocycles. The van der Waals surface area contributed by atoms with Crippen molar-refractivity contribution >= 4 is 11.6 Å². The van der Waals surface area contributed by atoms with E-state index in [-0.39, 0.29) is 18.0 Å². The fourth-order valence-electron chi connectivity index (χ4n) is 1.30. The summed E-state index contributed by atoms with van der Waals surface area (Å²) in [5.74, 6) is 5.05. The molecule has 1 atom stereocenters. The van der Waals surface area contributed by atoms with Gasteiger partial charge in [-0.15, -0.1) is 0 Å². The van der Waals surface area contributed by atoms with Crippen LogP contribution in [-0.4, -0.2) is 12.7 Å². The molecule has 5 heteroatoms. The fourth-order valence-corrected chi connectivity index (χ4v) is 1.60. The average molecular weight is 247 g/mol. The van der Waals surface area contributed by atoms with Gasteiger partial charge in [0.05, 0.1) is 18.8 Å². The van der Waals surface area contributed by atoms with Crippen LogP contribution in [0.15, 0.2) is 18.2 Å². The van der Waals surface area contributed by atoms with Crippen molar-refractivity contribution in [3.63, 3.8) is 0 Å². The Labute approximate surface area is 99.7 Å². The number of rotatable bonds is 5.